The van der Waals surface area contributed by atoms with Crippen molar-refractivity contribution < 1.29 is 31.1 Å². The number of anilines is 2. The van der Waals surface area contributed by atoms with Crippen LogP contribution < -0.4 is 15.5 Å². The minimum Gasteiger partial charge on any atom is -0.356 e. The first-order chi connectivity index (χ1) is 17.6. The second kappa shape index (κ2) is 10.3. The molecule has 1 saturated heterocycles. The Morgan fingerprint density at radius 3 is 2.37 bits per heavy atom. The number of imidazole rings is 1. The Hall–Kier alpha value is -2.90. The van der Waals surface area contributed by atoms with Crippen LogP contribution in [0.5, 0.6) is 0 Å². The third-order valence-corrected chi connectivity index (χ3v) is 6.66. The predicted molar refractivity (Wildman–Crippen MR) is 128 cm³/mol. The van der Waals surface area contributed by atoms with Crippen LogP contribution in [0.4, 0.5) is 38.0 Å². The molecule has 1 atom stereocenters. The Kier molecular flexibility index (Phi) is 7.65. The summed E-state index contributed by atoms with van der Waals surface area (Å²) in [5.74, 6) is -2.42. The molecule has 210 valence electrons. The van der Waals surface area contributed by atoms with E-state index in [1.807, 2.05) is 20.8 Å². The molecule has 4 heterocycles. The van der Waals surface area contributed by atoms with Crippen LogP contribution in [0.25, 0.3) is 0 Å². The van der Waals surface area contributed by atoms with E-state index >= 15 is 0 Å². The Morgan fingerprint density at radius 1 is 1.08 bits per heavy atom. The number of alkyl halides is 6. The van der Waals surface area contributed by atoms with Crippen molar-refractivity contribution >= 4 is 17.5 Å². The van der Waals surface area contributed by atoms with Crippen LogP contribution in [0.15, 0.2) is 12.5 Å². The Bertz CT molecular complexity index is 1150. The fourth-order valence-electron chi connectivity index (χ4n) is 4.99. The minimum atomic E-state index is -4.65. The number of fused-ring (bicyclic) bond motifs is 1. The molecule has 2 N–H and O–H groups in total. The molecule has 38 heavy (non-hydrogen) atoms. The first-order valence-corrected chi connectivity index (χ1v) is 12.4. The van der Waals surface area contributed by atoms with E-state index in [9.17, 15) is 31.1 Å². The molecule has 0 spiro atoms. The second-order valence-corrected chi connectivity index (χ2v) is 10.8. The van der Waals surface area contributed by atoms with Gasteiger partial charge in [0.15, 0.2) is 0 Å². The van der Waals surface area contributed by atoms with E-state index in [0.29, 0.717) is 44.8 Å². The van der Waals surface area contributed by atoms with Gasteiger partial charge in [-0.05, 0) is 33.6 Å². The molecule has 0 radical (unpaired) electrons. The first kappa shape index (κ1) is 28.1. The highest BCUT2D eigenvalue weighted by atomic mass is 19.4. The van der Waals surface area contributed by atoms with Crippen LogP contribution in [-0.4, -0.2) is 63.0 Å². The van der Waals surface area contributed by atoms with E-state index in [1.165, 1.54) is 6.20 Å². The number of nitrogens with zero attached hydrogens (tertiary/aromatic N) is 5. The normalized spacial score (nSPS) is 19.4. The van der Waals surface area contributed by atoms with E-state index in [-0.39, 0.29) is 34.3 Å². The highest BCUT2D eigenvalue weighted by Gasteiger charge is 2.48. The average molecular weight is 548 g/mol. The molecular weight excluding hydrogens is 516 g/mol. The van der Waals surface area contributed by atoms with Gasteiger partial charge in [-0.3, -0.25) is 4.79 Å². The van der Waals surface area contributed by atoms with Crippen molar-refractivity contribution in [1.82, 2.24) is 24.8 Å². The molecule has 0 saturated carbocycles. The van der Waals surface area contributed by atoms with Crippen molar-refractivity contribution in [2.45, 2.75) is 82.7 Å². The summed E-state index contributed by atoms with van der Waals surface area (Å²) < 4.78 is 82.4. The number of hydrogen-bond acceptors (Lipinski definition) is 6. The fourth-order valence-corrected chi connectivity index (χ4v) is 4.99. The summed E-state index contributed by atoms with van der Waals surface area (Å²) in [5.41, 5.74) is -0.370. The number of nitrogens with one attached hydrogen (secondary N) is 2. The lowest BCUT2D eigenvalue weighted by atomic mass is 9.90. The molecule has 4 rings (SSSR count). The summed E-state index contributed by atoms with van der Waals surface area (Å²) in [6.45, 7) is 7.61. The molecule has 8 nitrogen and oxygen atoms in total. The van der Waals surface area contributed by atoms with Gasteiger partial charge in [0.1, 0.15) is 23.8 Å². The Balaban J connectivity index is 1.54. The Labute approximate surface area is 216 Å². The molecule has 2 aromatic heterocycles. The van der Waals surface area contributed by atoms with E-state index in [2.05, 4.69) is 25.6 Å². The van der Waals surface area contributed by atoms with Crippen LogP contribution in [0.2, 0.25) is 0 Å². The Morgan fingerprint density at radius 2 is 1.76 bits per heavy atom. The van der Waals surface area contributed by atoms with Gasteiger partial charge in [-0.2, -0.15) is 26.3 Å². The molecule has 0 bridgehead atoms. The number of carbonyl (C=O) groups excluding carboxylic acids is 1. The van der Waals surface area contributed by atoms with Crippen LogP contribution in [0, 0.1) is 0 Å². The van der Waals surface area contributed by atoms with Crippen LogP contribution in [-0.2, 0) is 17.8 Å². The lowest BCUT2D eigenvalue weighted by Crippen LogP contribution is -2.39. The van der Waals surface area contributed by atoms with Gasteiger partial charge in [-0.15, -0.1) is 0 Å². The SMILES string of the molecule is CC(C)(C)NCCn1cc(CC(F)(F)F)nc1C1CCN(c2ncnc3c2C(C(F)(F)F)CC(=O)N3)CC1. The number of carbonyl (C=O) groups is 1. The van der Waals surface area contributed by atoms with Crippen molar-refractivity contribution in [3.63, 3.8) is 0 Å². The lowest BCUT2D eigenvalue weighted by molar-refractivity contribution is -0.156. The van der Waals surface area contributed by atoms with E-state index in [1.54, 1.807) is 9.47 Å². The highest BCUT2D eigenvalue weighted by molar-refractivity contribution is 5.94. The zero-order valence-corrected chi connectivity index (χ0v) is 21.4. The van der Waals surface area contributed by atoms with Gasteiger partial charge >= 0.3 is 12.4 Å². The quantitative estimate of drug-likeness (QED) is 0.517. The molecule has 2 aromatic rings. The summed E-state index contributed by atoms with van der Waals surface area (Å²) in [4.78, 5) is 25.9. The zero-order valence-electron chi connectivity index (χ0n) is 21.4. The molecular formula is C24H31F6N7O. The maximum Gasteiger partial charge on any atom is 0.396 e. The molecule has 1 unspecified atom stereocenters. The zero-order chi connectivity index (χ0) is 27.9. The van der Waals surface area contributed by atoms with Gasteiger partial charge in [0.05, 0.1) is 23.6 Å². The van der Waals surface area contributed by atoms with Gasteiger partial charge in [0.25, 0.3) is 0 Å². The summed E-state index contributed by atoms with van der Waals surface area (Å²) in [6, 6.07) is 0. The number of rotatable bonds is 6. The number of hydrogen-bond donors (Lipinski definition) is 2. The van der Waals surface area contributed by atoms with Crippen LogP contribution in [0.1, 0.15) is 69.0 Å². The maximum absolute atomic E-state index is 13.8. The van der Waals surface area contributed by atoms with Crippen molar-refractivity contribution in [2.24, 2.45) is 0 Å². The molecule has 2 aliphatic rings. The van der Waals surface area contributed by atoms with Gasteiger partial charge in [-0.1, -0.05) is 0 Å². The van der Waals surface area contributed by atoms with Gasteiger partial charge < -0.3 is 20.1 Å². The van der Waals surface area contributed by atoms with E-state index in [0.717, 1.165) is 6.33 Å². The molecule has 14 heteroatoms. The molecule has 1 fully saturated rings. The third kappa shape index (κ3) is 6.75. The van der Waals surface area contributed by atoms with E-state index < -0.39 is 37.0 Å². The average Bonchev–Trinajstić information content (AvgIpc) is 3.17. The first-order valence-electron chi connectivity index (χ1n) is 12.4. The van der Waals surface area contributed by atoms with Crippen molar-refractivity contribution in [1.29, 1.82) is 0 Å². The molecule has 1 amide bonds. The molecule has 2 aliphatic heterocycles. The predicted octanol–water partition coefficient (Wildman–Crippen LogP) is 4.54. The van der Waals surface area contributed by atoms with Gasteiger partial charge in [-0.25, -0.2) is 15.0 Å². The standard InChI is InChI=1S/C24H31F6N7O/c1-22(2,3)33-6-9-37-12-15(11-23(25,26)27)34-20(37)14-4-7-36(8-5-14)21-18-16(24(28,29)30)10-17(38)35-19(18)31-13-32-21/h12-14,16,33H,4-11H2,1-3H3,(H,31,32,35,38). The van der Waals surface area contributed by atoms with Gasteiger partial charge in [0, 0.05) is 50.3 Å². The number of piperidine rings is 1. The van der Waals surface area contributed by atoms with Crippen molar-refractivity contribution in [3.8, 4) is 0 Å². The van der Waals surface area contributed by atoms with E-state index in [4.69, 9.17) is 0 Å². The number of amides is 1. The third-order valence-electron chi connectivity index (χ3n) is 6.66. The van der Waals surface area contributed by atoms with Crippen LogP contribution in [0.3, 0.4) is 0 Å². The largest absolute Gasteiger partial charge is 0.396 e. The summed E-state index contributed by atoms with van der Waals surface area (Å²) in [6.07, 6.45) is -7.40. The monoisotopic (exact) mass is 547 g/mol. The van der Waals surface area contributed by atoms with Crippen LogP contribution >= 0.6 is 0 Å². The number of halogens is 6. The summed E-state index contributed by atoms with van der Waals surface area (Å²) in [5, 5.41) is 5.73. The summed E-state index contributed by atoms with van der Waals surface area (Å²) >= 11 is 0. The highest BCUT2D eigenvalue weighted by Crippen LogP contribution is 2.46. The molecule has 0 aliphatic carbocycles. The smallest absolute Gasteiger partial charge is 0.356 e. The minimum absolute atomic E-state index is 0.0562. The topological polar surface area (TPSA) is 88.0 Å². The lowest BCUT2D eigenvalue weighted by Gasteiger charge is -2.36. The van der Waals surface area contributed by atoms with Gasteiger partial charge in [0.2, 0.25) is 5.91 Å². The fraction of sp³-hybridized carbons (Fsp3) is 0.667. The summed E-state index contributed by atoms with van der Waals surface area (Å²) in [7, 11) is 0. The number of aromatic nitrogens is 4. The maximum atomic E-state index is 13.8. The van der Waals surface area contributed by atoms with Crippen molar-refractivity contribution in [2.75, 3.05) is 29.9 Å². The molecule has 0 aromatic carbocycles. The second-order valence-electron chi connectivity index (χ2n) is 10.8. The van der Waals surface area contributed by atoms with Crippen molar-refractivity contribution in [3.05, 3.63) is 29.6 Å².